The first kappa shape index (κ1) is 98.1. The zero-order valence-corrected chi connectivity index (χ0v) is 70.5. The molecule has 6 heterocycles. The molecular formula is C65H94N14O34P6-8. The van der Waals surface area contributed by atoms with E-state index in [1.165, 1.54) is 27.7 Å². The third-order valence-electron chi connectivity index (χ3n) is 19.8. The van der Waals surface area contributed by atoms with Crippen molar-refractivity contribution < 1.29 is 161 Å². The monoisotopic (exact) mass is 1800 g/mol. The van der Waals surface area contributed by atoms with Crippen LogP contribution in [-0.2, 0) is 114 Å². The molecule has 12 N–H and O–H groups in total. The Morgan fingerprint density at radius 3 is 1.38 bits per heavy atom. The highest BCUT2D eigenvalue weighted by molar-refractivity contribution is 7.60. The van der Waals surface area contributed by atoms with E-state index in [4.69, 9.17) is 20.9 Å². The van der Waals surface area contributed by atoms with Crippen LogP contribution in [0.4, 0.5) is 11.6 Å². The summed E-state index contributed by atoms with van der Waals surface area (Å²) in [6, 6.07) is 8.25. The van der Waals surface area contributed by atoms with Gasteiger partial charge in [0.25, 0.3) is 31.3 Å². The minimum absolute atomic E-state index is 0.000768. The van der Waals surface area contributed by atoms with Crippen molar-refractivity contribution in [2.24, 2.45) is 21.7 Å². The average Bonchev–Trinajstić information content (AvgIpc) is 1.63. The van der Waals surface area contributed by atoms with Gasteiger partial charge in [-0.1, -0.05) is 85.1 Å². The van der Waals surface area contributed by atoms with E-state index in [1.807, 2.05) is 26.0 Å². The highest BCUT2D eigenvalue weighted by Crippen LogP contribution is 2.59. The number of ketones is 2. The third kappa shape index (κ3) is 28.9. The zero-order valence-electron chi connectivity index (χ0n) is 65.1. The highest BCUT2D eigenvalue weighted by Gasteiger charge is 2.51. The molecule has 3 aliphatic rings. The molecule has 48 nitrogen and oxygen atoms in total. The summed E-state index contributed by atoms with van der Waals surface area (Å²) in [6.07, 6.45) is -7.34. The standard InChI is InChI=1S/C65H102N14O34P6/c1-62(2,42(80)17-25-68-44(82)19-27-70-58(88)52(86)63(3,4)32-106-118(100,101)112-116(96,97)104-30-40-50(110-114(90,91)92)48(84)60(108-40)78-36-76-46-54(66)72-34-74-56(46)78)21-10-7-8-13-38-15-12-16-39(29-38)14-9-11-22-65(23-24-65)43(81)18-26-69-45(83)20-28-71-59(89)53(87)64(5,6)33-107-119(102,103)113-117(98,99)105-31-41-51(111-115(93,94)95)49(85)61(109-41)79-37-77-47-55(67)73-35-75-57(47)79/h12,15-16,29,34-37,40-41,48-53,60-61,84-87H,7-11,13-14,17-28,30-33H2,1-6H3,(H,68,82)(H,69,83)(H,70,88)(H,71,89)(H,96,97)(H,98,99)(H,100,101)(H,102,103)(H2,66,72,74)(H2,67,73,75)(H2,90,91,92)(H2,93,94,95)/p-8. The molecule has 14 atom stereocenters. The van der Waals surface area contributed by atoms with E-state index < -0.39 is 180 Å². The maximum atomic E-state index is 13.3. The predicted octanol–water partition coefficient (Wildman–Crippen LogP) is -2.99. The molecule has 0 radical (unpaired) electrons. The second-order valence-electron chi connectivity index (χ2n) is 30.6. The SMILES string of the molecule is CC(C)(CCCCCc1cccc(CCCCC2(C(=O)CCNC(=O)CCNC(=O)C(O)C(C)(C)COP(=O)([O-])OP(=O)([O-])OCC3OC(n4cnc5c(N)ncnc54)C(O)C3OP(=O)([O-])[O-])CC2)c1)C(=O)CCNC(=O)CCNC(=O)C(O)C(C)(C)COP(=O)([O-])OP(=O)([O-])OCC1OC(n2cnc3c(N)ncnc32)C(O)C1OP(=O)([O-])[O-]. The van der Waals surface area contributed by atoms with E-state index in [-0.39, 0.29) is 97.4 Å². The van der Waals surface area contributed by atoms with Crippen LogP contribution >= 0.6 is 46.9 Å². The van der Waals surface area contributed by atoms with Gasteiger partial charge >= 0.3 is 0 Å². The molecule has 666 valence electrons. The number of nitrogens with two attached hydrogens (primary N) is 2. The number of fused-ring (bicyclic) bond motifs is 2. The number of nitrogens with one attached hydrogen (secondary N) is 4. The van der Waals surface area contributed by atoms with Crippen molar-refractivity contribution in [3.63, 3.8) is 0 Å². The van der Waals surface area contributed by atoms with Gasteiger partial charge in [0.1, 0.15) is 84.1 Å². The number of carbonyl (C=O) groups is 6. The van der Waals surface area contributed by atoms with Crippen molar-refractivity contribution in [3.8, 4) is 0 Å². The largest absolute Gasteiger partial charge is 0.790 e. The Kier molecular flexibility index (Phi) is 33.8. The Morgan fingerprint density at radius 2 is 0.958 bits per heavy atom. The first-order chi connectivity index (χ1) is 55.3. The molecule has 4 amide bonds. The summed E-state index contributed by atoms with van der Waals surface area (Å²) in [4.78, 5) is 198. The molecular weight excluding hydrogens is 1710 g/mol. The smallest absolute Gasteiger partial charge is 0.274 e. The van der Waals surface area contributed by atoms with E-state index in [1.54, 1.807) is 0 Å². The summed E-state index contributed by atoms with van der Waals surface area (Å²) in [5.41, 5.74) is 9.11. The van der Waals surface area contributed by atoms with Crippen LogP contribution in [0.3, 0.4) is 0 Å². The van der Waals surface area contributed by atoms with Crippen molar-refractivity contribution in [1.29, 1.82) is 0 Å². The van der Waals surface area contributed by atoms with Crippen LogP contribution in [0.5, 0.6) is 0 Å². The molecule has 0 bridgehead atoms. The van der Waals surface area contributed by atoms with Crippen LogP contribution in [0.15, 0.2) is 49.6 Å². The summed E-state index contributed by atoms with van der Waals surface area (Å²) in [6.45, 7) is 3.07. The lowest BCUT2D eigenvalue weighted by Crippen LogP contribution is -2.46. The number of Topliss-reactive ketones (excluding diaryl/α,β-unsaturated/α-hetero) is 2. The normalized spacial score (nSPS) is 22.3. The summed E-state index contributed by atoms with van der Waals surface area (Å²) >= 11 is 0. The summed E-state index contributed by atoms with van der Waals surface area (Å²) in [7, 11) is -35.6. The number of imidazole rings is 2. The molecule has 4 aromatic heterocycles. The fourth-order valence-electron chi connectivity index (χ4n) is 12.8. The van der Waals surface area contributed by atoms with Crippen molar-refractivity contribution in [2.45, 2.75) is 199 Å². The number of anilines is 2. The second kappa shape index (κ2) is 41.0. The number of aliphatic hydroxyl groups excluding tert-OH is 4. The van der Waals surface area contributed by atoms with Gasteiger partial charge < -0.3 is 138 Å². The maximum absolute atomic E-state index is 13.3. The zero-order chi connectivity index (χ0) is 88.1. The van der Waals surface area contributed by atoms with Crippen LogP contribution in [0.1, 0.15) is 149 Å². The number of benzene rings is 1. The lowest BCUT2D eigenvalue weighted by molar-refractivity contribution is -0.348. The molecule has 5 aromatic rings. The van der Waals surface area contributed by atoms with Gasteiger partial charge in [0.2, 0.25) is 23.6 Å². The number of phosphoric acid groups is 6. The topological polar surface area (TPSA) is 750 Å². The number of rotatable bonds is 51. The molecule has 54 heteroatoms. The number of aromatic nitrogens is 8. The number of aryl methyl sites for hydroxylation is 2. The van der Waals surface area contributed by atoms with E-state index >= 15 is 0 Å². The fraction of sp³-hybridized carbons (Fsp3) is 0.662. The molecule has 14 unspecified atom stereocenters. The van der Waals surface area contributed by atoms with Gasteiger partial charge in [-0.15, -0.1) is 0 Å². The van der Waals surface area contributed by atoms with Crippen LogP contribution < -0.4 is 71.9 Å². The van der Waals surface area contributed by atoms with Crippen molar-refractivity contribution in [3.05, 3.63) is 60.7 Å². The number of hydrogen-bond acceptors (Lipinski definition) is 42. The lowest BCUT2D eigenvalue weighted by atomic mass is 9.81. The number of nitrogen functional groups attached to an aromatic ring is 2. The molecule has 2 saturated heterocycles. The Balaban J connectivity index is 0.634. The second-order valence-corrected chi connectivity index (χ2v) is 38.7. The number of carbonyl (C=O) groups excluding carboxylic acids is 6. The maximum Gasteiger partial charge on any atom is 0.274 e. The molecule has 3 fully saturated rings. The summed E-state index contributed by atoms with van der Waals surface area (Å²) in [5, 5.41) is 53.3. The molecule has 2 aliphatic heterocycles. The number of hydrogen-bond donors (Lipinski definition) is 10. The fourth-order valence-corrected chi connectivity index (χ4v) is 18.3. The van der Waals surface area contributed by atoms with Crippen LogP contribution in [0.25, 0.3) is 22.3 Å². The molecule has 0 spiro atoms. The van der Waals surface area contributed by atoms with Crippen LogP contribution in [0, 0.1) is 21.7 Å². The molecule has 1 aliphatic carbocycles. The minimum Gasteiger partial charge on any atom is -0.790 e. The Labute approximate surface area is 680 Å². The van der Waals surface area contributed by atoms with Crippen LogP contribution in [0.2, 0.25) is 0 Å². The quantitative estimate of drug-likeness (QED) is 0.0137. The first-order valence-electron chi connectivity index (χ1n) is 37.1. The van der Waals surface area contributed by atoms with Crippen molar-refractivity contribution in [1.82, 2.24) is 60.3 Å². The predicted molar refractivity (Wildman–Crippen MR) is 392 cm³/mol. The number of amides is 4. The van der Waals surface area contributed by atoms with E-state index in [9.17, 15) is 116 Å². The molecule has 1 aromatic carbocycles. The minimum atomic E-state index is -5.99. The lowest BCUT2D eigenvalue weighted by Gasteiger charge is -2.36. The van der Waals surface area contributed by atoms with E-state index in [2.05, 4.69) is 99.1 Å². The Bertz CT molecular complexity index is 4700. The number of phosphoric ester groups is 6. The van der Waals surface area contributed by atoms with Gasteiger partial charge in [0, 0.05) is 73.5 Å². The Hall–Kier alpha value is -6.36. The van der Waals surface area contributed by atoms with Crippen molar-refractivity contribution in [2.75, 3.05) is 64.1 Å². The van der Waals surface area contributed by atoms with Gasteiger partial charge in [-0.05, 0) is 62.5 Å². The first-order valence-corrected chi connectivity index (χ1v) is 45.9. The van der Waals surface area contributed by atoms with Gasteiger partial charge in [-0.2, -0.15) is 0 Å². The van der Waals surface area contributed by atoms with Crippen molar-refractivity contribution >= 4 is 116 Å². The number of unbranched alkanes of at least 4 members (excludes halogenated alkanes) is 3. The number of aliphatic hydroxyl groups is 4. The molecule has 119 heavy (non-hydrogen) atoms. The van der Waals surface area contributed by atoms with Crippen LogP contribution in [-0.4, -0.2) is 196 Å². The Morgan fingerprint density at radius 1 is 0.555 bits per heavy atom. The van der Waals surface area contributed by atoms with E-state index in [0.717, 1.165) is 103 Å². The van der Waals surface area contributed by atoms with Gasteiger partial charge in [0.15, 0.2) is 35.4 Å². The average molecular weight is 1800 g/mol. The summed E-state index contributed by atoms with van der Waals surface area (Å²) in [5.74, 6) is -3.47. The van der Waals surface area contributed by atoms with Gasteiger partial charge in [-0.3, -0.25) is 56.2 Å². The van der Waals surface area contributed by atoms with Gasteiger partial charge in [-0.25, -0.2) is 38.5 Å². The van der Waals surface area contributed by atoms with E-state index in [0.29, 0.717) is 12.8 Å². The van der Waals surface area contributed by atoms with Gasteiger partial charge in [0.05, 0.1) is 54.7 Å². The number of ether oxygens (including phenoxy) is 2. The summed E-state index contributed by atoms with van der Waals surface area (Å²) < 4.78 is 123. The highest BCUT2D eigenvalue weighted by atomic mass is 31.3. The molecule has 8 rings (SSSR count). The number of nitrogens with zero attached hydrogens (tertiary/aromatic N) is 8. The third-order valence-corrected chi connectivity index (χ3v) is 25.8. The molecule has 1 saturated carbocycles.